The summed E-state index contributed by atoms with van der Waals surface area (Å²) < 4.78 is 10.9. The highest BCUT2D eigenvalue weighted by atomic mass is 16.6. The van der Waals surface area contributed by atoms with E-state index in [9.17, 15) is 14.7 Å². The minimum absolute atomic E-state index is 0.0173. The van der Waals surface area contributed by atoms with Crippen LogP contribution in [0.4, 0.5) is 0 Å². The molecule has 0 amide bonds. The number of carboxylic acids is 1. The SMILES string of the molecule is CCC(C)(CC(C)(C)C(=O)O)C(=O)OCC1CCCCO1. The lowest BCUT2D eigenvalue weighted by Crippen LogP contribution is -2.39. The van der Waals surface area contributed by atoms with Gasteiger partial charge in [0, 0.05) is 6.61 Å². The summed E-state index contributed by atoms with van der Waals surface area (Å²) in [5.74, 6) is -1.22. The second-order valence-corrected chi connectivity index (χ2v) is 6.87. The van der Waals surface area contributed by atoms with Crippen LogP contribution in [-0.2, 0) is 19.1 Å². The van der Waals surface area contributed by atoms with E-state index in [4.69, 9.17) is 9.47 Å². The average molecular weight is 300 g/mol. The van der Waals surface area contributed by atoms with Gasteiger partial charge in [0.15, 0.2) is 0 Å². The van der Waals surface area contributed by atoms with Crippen LogP contribution in [-0.4, -0.2) is 36.4 Å². The van der Waals surface area contributed by atoms with Crippen molar-refractivity contribution in [1.82, 2.24) is 0 Å². The maximum absolute atomic E-state index is 12.4. The Labute approximate surface area is 127 Å². The first-order valence-corrected chi connectivity index (χ1v) is 7.73. The number of esters is 1. The highest BCUT2D eigenvalue weighted by Gasteiger charge is 2.42. The molecule has 0 aromatic carbocycles. The minimum Gasteiger partial charge on any atom is -0.481 e. The van der Waals surface area contributed by atoms with Crippen LogP contribution in [0.5, 0.6) is 0 Å². The molecule has 0 aromatic rings. The van der Waals surface area contributed by atoms with Crippen LogP contribution in [0.3, 0.4) is 0 Å². The average Bonchev–Trinajstić information content (AvgIpc) is 2.45. The summed E-state index contributed by atoms with van der Waals surface area (Å²) in [5, 5.41) is 9.24. The van der Waals surface area contributed by atoms with E-state index >= 15 is 0 Å². The molecular weight excluding hydrogens is 272 g/mol. The number of carbonyl (C=O) groups excluding carboxylic acids is 1. The molecule has 1 rings (SSSR count). The number of carbonyl (C=O) groups is 2. The number of carboxylic acid groups (broad SMARTS) is 1. The Hall–Kier alpha value is -1.10. The fourth-order valence-electron chi connectivity index (χ4n) is 2.67. The molecule has 2 atom stereocenters. The Balaban J connectivity index is 2.60. The van der Waals surface area contributed by atoms with E-state index in [0.717, 1.165) is 25.9 Å². The molecule has 0 saturated carbocycles. The summed E-state index contributed by atoms with van der Waals surface area (Å²) in [6, 6.07) is 0. The van der Waals surface area contributed by atoms with Crippen LogP contribution in [0.1, 0.15) is 59.8 Å². The molecule has 5 nitrogen and oxygen atoms in total. The predicted molar refractivity (Wildman–Crippen MR) is 79.0 cm³/mol. The van der Waals surface area contributed by atoms with E-state index in [2.05, 4.69) is 0 Å². The summed E-state index contributed by atoms with van der Waals surface area (Å²) in [4.78, 5) is 23.6. The third kappa shape index (κ3) is 4.99. The van der Waals surface area contributed by atoms with Crippen LogP contribution in [0.2, 0.25) is 0 Å². The lowest BCUT2D eigenvalue weighted by Gasteiger charge is -2.33. The molecule has 1 heterocycles. The zero-order valence-electron chi connectivity index (χ0n) is 13.6. The van der Waals surface area contributed by atoms with E-state index in [1.54, 1.807) is 20.8 Å². The highest BCUT2D eigenvalue weighted by molar-refractivity contribution is 5.79. The van der Waals surface area contributed by atoms with Gasteiger partial charge in [0.05, 0.1) is 16.9 Å². The third-order valence-electron chi connectivity index (χ3n) is 4.36. The highest BCUT2D eigenvalue weighted by Crippen LogP contribution is 2.38. The van der Waals surface area contributed by atoms with E-state index in [-0.39, 0.29) is 25.1 Å². The van der Waals surface area contributed by atoms with Crippen LogP contribution >= 0.6 is 0 Å². The molecule has 0 radical (unpaired) electrons. The monoisotopic (exact) mass is 300 g/mol. The van der Waals surface area contributed by atoms with Gasteiger partial charge < -0.3 is 14.6 Å². The Morgan fingerprint density at radius 2 is 1.95 bits per heavy atom. The summed E-state index contributed by atoms with van der Waals surface area (Å²) in [6.45, 7) is 7.93. The quantitative estimate of drug-likeness (QED) is 0.732. The number of hydrogen-bond donors (Lipinski definition) is 1. The van der Waals surface area contributed by atoms with Crippen molar-refractivity contribution in [2.75, 3.05) is 13.2 Å². The largest absolute Gasteiger partial charge is 0.481 e. The maximum atomic E-state index is 12.4. The van der Waals surface area contributed by atoms with Crippen molar-refractivity contribution in [1.29, 1.82) is 0 Å². The summed E-state index contributed by atoms with van der Waals surface area (Å²) >= 11 is 0. The van der Waals surface area contributed by atoms with E-state index < -0.39 is 16.8 Å². The van der Waals surface area contributed by atoms with Crippen molar-refractivity contribution in [3.63, 3.8) is 0 Å². The van der Waals surface area contributed by atoms with Crippen molar-refractivity contribution < 1.29 is 24.2 Å². The Bertz CT molecular complexity index is 371. The summed E-state index contributed by atoms with van der Waals surface area (Å²) in [6.07, 6.45) is 3.86. The first-order valence-electron chi connectivity index (χ1n) is 7.73. The van der Waals surface area contributed by atoms with Crippen molar-refractivity contribution in [3.05, 3.63) is 0 Å². The minimum atomic E-state index is -0.953. The van der Waals surface area contributed by atoms with Crippen LogP contribution in [0.15, 0.2) is 0 Å². The summed E-state index contributed by atoms with van der Waals surface area (Å²) in [5.41, 5.74) is -1.73. The van der Waals surface area contributed by atoms with Gasteiger partial charge >= 0.3 is 11.9 Å². The third-order valence-corrected chi connectivity index (χ3v) is 4.36. The molecule has 0 aliphatic carbocycles. The number of aliphatic carboxylic acids is 1. The van der Waals surface area contributed by atoms with Crippen molar-refractivity contribution in [3.8, 4) is 0 Å². The van der Waals surface area contributed by atoms with Gasteiger partial charge in [-0.15, -0.1) is 0 Å². The lowest BCUT2D eigenvalue weighted by atomic mass is 9.72. The molecule has 0 spiro atoms. The zero-order chi connectivity index (χ0) is 16.1. The van der Waals surface area contributed by atoms with Gasteiger partial charge in [0.2, 0.25) is 0 Å². The molecule has 2 unspecified atom stereocenters. The first-order chi connectivity index (χ1) is 9.71. The van der Waals surface area contributed by atoms with Crippen LogP contribution in [0.25, 0.3) is 0 Å². The molecule has 122 valence electrons. The molecular formula is C16H28O5. The van der Waals surface area contributed by atoms with E-state index in [0.29, 0.717) is 6.42 Å². The van der Waals surface area contributed by atoms with E-state index in [1.165, 1.54) is 0 Å². The fourth-order valence-corrected chi connectivity index (χ4v) is 2.67. The van der Waals surface area contributed by atoms with Crippen LogP contribution < -0.4 is 0 Å². The van der Waals surface area contributed by atoms with Crippen LogP contribution in [0, 0.1) is 10.8 Å². The smallest absolute Gasteiger partial charge is 0.311 e. The van der Waals surface area contributed by atoms with Gasteiger partial charge in [-0.2, -0.15) is 0 Å². The topological polar surface area (TPSA) is 72.8 Å². The number of ether oxygens (including phenoxy) is 2. The standard InChI is InChI=1S/C16H28O5/c1-5-16(4,11-15(2,3)13(17)18)14(19)21-10-12-8-6-7-9-20-12/h12H,5-11H2,1-4H3,(H,17,18). The van der Waals surface area contributed by atoms with Gasteiger partial charge in [0.25, 0.3) is 0 Å². The van der Waals surface area contributed by atoms with Gasteiger partial charge in [-0.1, -0.05) is 6.92 Å². The van der Waals surface area contributed by atoms with Gasteiger partial charge in [-0.3, -0.25) is 9.59 Å². The van der Waals surface area contributed by atoms with E-state index in [1.807, 2.05) is 6.92 Å². The molecule has 0 aromatic heterocycles. The maximum Gasteiger partial charge on any atom is 0.311 e. The van der Waals surface area contributed by atoms with Crippen molar-refractivity contribution >= 4 is 11.9 Å². The lowest BCUT2D eigenvalue weighted by molar-refractivity contribution is -0.164. The molecule has 0 bridgehead atoms. The molecule has 5 heteroatoms. The molecule has 21 heavy (non-hydrogen) atoms. The molecule has 1 fully saturated rings. The molecule has 1 N–H and O–H groups in total. The predicted octanol–water partition coefficient (Wildman–Crippen LogP) is 3.02. The van der Waals surface area contributed by atoms with Crippen molar-refractivity contribution in [2.45, 2.75) is 65.9 Å². The van der Waals surface area contributed by atoms with Gasteiger partial charge in [-0.25, -0.2) is 0 Å². The Morgan fingerprint density at radius 3 is 2.43 bits per heavy atom. The summed E-state index contributed by atoms with van der Waals surface area (Å²) in [7, 11) is 0. The molecule has 1 aliphatic rings. The molecule has 1 aliphatic heterocycles. The second kappa shape index (κ2) is 7.25. The normalized spacial score (nSPS) is 22.4. The van der Waals surface area contributed by atoms with Gasteiger partial charge in [-0.05, 0) is 52.9 Å². The molecule has 1 saturated heterocycles. The first kappa shape index (κ1) is 18.0. The van der Waals surface area contributed by atoms with Gasteiger partial charge in [0.1, 0.15) is 6.61 Å². The second-order valence-electron chi connectivity index (χ2n) is 6.87. The Morgan fingerprint density at radius 1 is 1.29 bits per heavy atom. The van der Waals surface area contributed by atoms with Crippen molar-refractivity contribution in [2.24, 2.45) is 10.8 Å². The fraction of sp³-hybridized carbons (Fsp3) is 0.875. The zero-order valence-corrected chi connectivity index (χ0v) is 13.6. The Kier molecular flexibility index (Phi) is 6.20. The number of hydrogen-bond acceptors (Lipinski definition) is 4. The number of rotatable bonds is 7.